The van der Waals surface area contributed by atoms with Crippen LogP contribution in [0.25, 0.3) is 0 Å². The number of amides is 2. The average Bonchev–Trinajstić information content (AvgIpc) is 2.11. The van der Waals surface area contributed by atoms with E-state index in [2.05, 4.69) is 4.74 Å². The van der Waals surface area contributed by atoms with Gasteiger partial charge < -0.3 is 19.7 Å². The zero-order valence-corrected chi connectivity index (χ0v) is 8.52. The van der Waals surface area contributed by atoms with Gasteiger partial charge in [-0.25, -0.2) is 4.79 Å². The number of hydrogen-bond donors (Lipinski definition) is 2. The largest absolute Gasteiger partial charge is 0.465 e. The fraction of sp³-hybridized carbons (Fsp3) is 0.667. The van der Waals surface area contributed by atoms with Gasteiger partial charge in [-0.2, -0.15) is 0 Å². The topological polar surface area (TPSA) is 95.9 Å². The Labute approximate surface area is 80.9 Å². The van der Waals surface area contributed by atoms with Crippen molar-refractivity contribution >= 4 is 20.0 Å². The van der Waals surface area contributed by atoms with Crippen LogP contribution in [0.15, 0.2) is 0 Å². The third kappa shape index (κ3) is 2.24. The van der Waals surface area contributed by atoms with E-state index in [9.17, 15) is 14.2 Å². The molecule has 1 aliphatic rings. The number of nitrogens with zero attached hydrogens (tertiary/aromatic N) is 1. The maximum Gasteiger partial charge on any atom is 0.405 e. The Balaban J connectivity index is 2.40. The summed E-state index contributed by atoms with van der Waals surface area (Å²) in [5.41, 5.74) is 0. The van der Waals surface area contributed by atoms with Crippen LogP contribution in [0.3, 0.4) is 0 Å². The first kappa shape index (κ1) is 11.0. The third-order valence-corrected chi connectivity index (χ3v) is 3.34. The summed E-state index contributed by atoms with van der Waals surface area (Å²) >= 11 is 0. The molecule has 2 N–H and O–H groups in total. The first-order valence-corrected chi connectivity index (χ1v) is 5.45. The lowest BCUT2D eigenvalue weighted by Crippen LogP contribution is -2.61. The number of carbonyl (C=O) groups is 2. The molecule has 0 spiro atoms. The molecule has 2 atom stereocenters. The molecule has 1 heterocycles. The SMILES string of the molecule is COC[PH](=O)N1C[C@H](NC(=O)O)C1=O. The number of methoxy groups -OCH3 is 1. The average molecular weight is 222 g/mol. The number of rotatable bonds is 4. The van der Waals surface area contributed by atoms with Crippen LogP contribution in [0, 0.1) is 0 Å². The second kappa shape index (κ2) is 4.43. The second-order valence-corrected chi connectivity index (χ2v) is 4.39. The molecule has 0 bridgehead atoms. The van der Waals surface area contributed by atoms with Crippen molar-refractivity contribution in [3.63, 3.8) is 0 Å². The van der Waals surface area contributed by atoms with Gasteiger partial charge >= 0.3 is 6.09 Å². The van der Waals surface area contributed by atoms with Crippen molar-refractivity contribution in [2.45, 2.75) is 6.04 Å². The van der Waals surface area contributed by atoms with Gasteiger partial charge in [0.25, 0.3) is 5.91 Å². The summed E-state index contributed by atoms with van der Waals surface area (Å²) in [5.74, 6) is -0.451. The molecule has 0 aromatic carbocycles. The van der Waals surface area contributed by atoms with Gasteiger partial charge in [-0.1, -0.05) is 0 Å². The summed E-state index contributed by atoms with van der Waals surface area (Å²) in [6.07, 6.45) is -1.25. The van der Waals surface area contributed by atoms with Crippen molar-refractivity contribution in [1.29, 1.82) is 0 Å². The molecule has 1 fully saturated rings. The molecular formula is C6H11N2O5P. The lowest BCUT2D eigenvalue weighted by molar-refractivity contribution is -0.136. The van der Waals surface area contributed by atoms with Gasteiger partial charge in [0.1, 0.15) is 12.4 Å². The smallest absolute Gasteiger partial charge is 0.405 e. The quantitative estimate of drug-likeness (QED) is 0.495. The summed E-state index contributed by atoms with van der Waals surface area (Å²) in [4.78, 5) is 21.4. The van der Waals surface area contributed by atoms with Gasteiger partial charge in [0, 0.05) is 7.11 Å². The molecule has 0 saturated carbocycles. The number of carboxylic acid groups (broad SMARTS) is 1. The number of nitrogens with one attached hydrogen (secondary N) is 1. The molecule has 1 aliphatic heterocycles. The molecular weight excluding hydrogens is 211 g/mol. The van der Waals surface area contributed by atoms with Gasteiger partial charge in [-0.15, -0.1) is 0 Å². The molecule has 8 heteroatoms. The van der Waals surface area contributed by atoms with Crippen molar-refractivity contribution in [3.05, 3.63) is 0 Å². The summed E-state index contributed by atoms with van der Waals surface area (Å²) < 4.78 is 17.0. The molecule has 2 amide bonds. The molecule has 0 aliphatic carbocycles. The molecule has 0 radical (unpaired) electrons. The van der Waals surface area contributed by atoms with Gasteiger partial charge in [0.15, 0.2) is 7.95 Å². The Hall–Kier alpha value is -1.07. The summed E-state index contributed by atoms with van der Waals surface area (Å²) in [6, 6.07) is -0.752. The zero-order valence-electron chi connectivity index (χ0n) is 7.52. The summed E-state index contributed by atoms with van der Waals surface area (Å²) in [5, 5.41) is 10.3. The Morgan fingerprint density at radius 1 is 1.86 bits per heavy atom. The van der Waals surface area contributed by atoms with Crippen molar-refractivity contribution in [3.8, 4) is 0 Å². The number of carbonyl (C=O) groups excluding carboxylic acids is 1. The van der Waals surface area contributed by atoms with E-state index in [-0.39, 0.29) is 12.9 Å². The second-order valence-electron chi connectivity index (χ2n) is 2.78. The molecule has 1 saturated heterocycles. The molecule has 80 valence electrons. The minimum absolute atomic E-state index is 0.0101. The zero-order chi connectivity index (χ0) is 10.7. The highest BCUT2D eigenvalue weighted by molar-refractivity contribution is 7.42. The summed E-state index contributed by atoms with van der Waals surface area (Å²) in [6.45, 7) is 0.159. The molecule has 14 heavy (non-hydrogen) atoms. The van der Waals surface area contributed by atoms with Crippen molar-refractivity contribution < 1.29 is 24.0 Å². The number of β-lactam (4-membered cyclic amide) rings is 1. The third-order valence-electron chi connectivity index (χ3n) is 1.80. The van der Waals surface area contributed by atoms with Crippen molar-refractivity contribution in [1.82, 2.24) is 9.99 Å². The van der Waals surface area contributed by atoms with Gasteiger partial charge in [-0.05, 0) is 0 Å². The van der Waals surface area contributed by atoms with E-state index in [0.717, 1.165) is 4.67 Å². The van der Waals surface area contributed by atoms with Crippen LogP contribution in [-0.2, 0) is 14.1 Å². The van der Waals surface area contributed by atoms with Crippen LogP contribution in [-0.4, -0.2) is 47.8 Å². The van der Waals surface area contributed by atoms with Crippen LogP contribution in [0.1, 0.15) is 0 Å². The van der Waals surface area contributed by atoms with E-state index in [4.69, 9.17) is 5.11 Å². The van der Waals surface area contributed by atoms with Gasteiger partial charge in [0.05, 0.1) is 6.54 Å². The fourth-order valence-electron chi connectivity index (χ4n) is 1.11. The molecule has 1 rings (SSSR count). The Bertz CT molecular complexity index is 281. The maximum absolute atomic E-state index is 11.3. The highest BCUT2D eigenvalue weighted by Crippen LogP contribution is 2.32. The van der Waals surface area contributed by atoms with E-state index in [1.807, 2.05) is 5.32 Å². The predicted molar refractivity (Wildman–Crippen MR) is 47.5 cm³/mol. The van der Waals surface area contributed by atoms with Crippen molar-refractivity contribution in [2.75, 3.05) is 20.0 Å². The van der Waals surface area contributed by atoms with Crippen LogP contribution in [0.4, 0.5) is 4.79 Å². The van der Waals surface area contributed by atoms with Crippen LogP contribution in [0.5, 0.6) is 0 Å². The monoisotopic (exact) mass is 222 g/mol. The minimum atomic E-state index is -2.22. The Kier molecular flexibility index (Phi) is 3.49. The Morgan fingerprint density at radius 3 is 2.93 bits per heavy atom. The minimum Gasteiger partial charge on any atom is -0.465 e. The van der Waals surface area contributed by atoms with E-state index >= 15 is 0 Å². The van der Waals surface area contributed by atoms with Gasteiger partial charge in [-0.3, -0.25) is 9.46 Å². The number of hydrogen-bond acceptors (Lipinski definition) is 4. The highest BCUT2D eigenvalue weighted by atomic mass is 31.1. The molecule has 1 unspecified atom stereocenters. The predicted octanol–water partition coefficient (Wildman–Crippen LogP) is -0.457. The van der Waals surface area contributed by atoms with Gasteiger partial charge in [0.2, 0.25) is 0 Å². The van der Waals surface area contributed by atoms with Crippen LogP contribution < -0.4 is 5.32 Å². The van der Waals surface area contributed by atoms with E-state index < -0.39 is 26.0 Å². The Morgan fingerprint density at radius 2 is 2.50 bits per heavy atom. The molecule has 0 aromatic rings. The number of ether oxygens (including phenoxy) is 1. The lowest BCUT2D eigenvalue weighted by atomic mass is 10.2. The van der Waals surface area contributed by atoms with E-state index in [1.54, 1.807) is 0 Å². The van der Waals surface area contributed by atoms with E-state index in [1.165, 1.54) is 7.11 Å². The lowest BCUT2D eigenvalue weighted by Gasteiger charge is -2.36. The van der Waals surface area contributed by atoms with Crippen LogP contribution >= 0.6 is 7.95 Å². The fourth-order valence-corrected chi connectivity index (χ4v) is 2.30. The maximum atomic E-state index is 11.3. The highest BCUT2D eigenvalue weighted by Gasteiger charge is 2.40. The summed E-state index contributed by atoms with van der Waals surface area (Å²) in [7, 11) is -0.831. The first-order chi connectivity index (χ1) is 6.56. The normalized spacial score (nSPS) is 22.8. The molecule has 7 nitrogen and oxygen atoms in total. The standard InChI is InChI=1S/C6H11N2O5P/c1-13-3-14(12)8-2-4(5(8)9)7-6(10)11/h4,7,14H,2-3H2,1H3,(H,10,11)/t4-/m0/s1. The van der Waals surface area contributed by atoms with E-state index in [0.29, 0.717) is 0 Å². The first-order valence-electron chi connectivity index (χ1n) is 3.89. The molecule has 0 aromatic heterocycles. The van der Waals surface area contributed by atoms with Crippen LogP contribution in [0.2, 0.25) is 0 Å². The van der Waals surface area contributed by atoms with Crippen molar-refractivity contribution in [2.24, 2.45) is 0 Å².